The van der Waals surface area contributed by atoms with E-state index in [2.05, 4.69) is 16.1 Å². The van der Waals surface area contributed by atoms with E-state index < -0.39 is 6.16 Å². The maximum atomic E-state index is 10.1. The summed E-state index contributed by atoms with van der Waals surface area (Å²) in [6.45, 7) is 3.73. The van der Waals surface area contributed by atoms with Crippen LogP contribution in [0.2, 0.25) is 0 Å². The van der Waals surface area contributed by atoms with Gasteiger partial charge in [-0.2, -0.15) is 0 Å². The molecule has 0 spiro atoms. The fraction of sp³-hybridized carbons (Fsp3) is 0.400. The standard InChI is InChI=1S/C5H6O3.Ir/c1-2-4-3-7-5(6)8-4;/h2,4H,1,3H2;. The Kier molecular flexibility index (Phi) is 3.50. The van der Waals surface area contributed by atoms with E-state index in [1.54, 1.807) is 0 Å². The van der Waals surface area contributed by atoms with Crippen molar-refractivity contribution in [3.63, 3.8) is 0 Å². The Morgan fingerprint density at radius 3 is 2.67 bits per heavy atom. The van der Waals surface area contributed by atoms with Gasteiger partial charge in [-0.25, -0.2) is 4.79 Å². The van der Waals surface area contributed by atoms with Gasteiger partial charge in [0.1, 0.15) is 6.61 Å². The predicted molar refractivity (Wildman–Crippen MR) is 26.4 cm³/mol. The molecule has 0 saturated carbocycles. The fourth-order valence-corrected chi connectivity index (χ4v) is 0.458. The molecule has 1 radical (unpaired) electrons. The summed E-state index contributed by atoms with van der Waals surface area (Å²) in [7, 11) is 0. The van der Waals surface area contributed by atoms with Gasteiger partial charge in [0.2, 0.25) is 0 Å². The summed E-state index contributed by atoms with van der Waals surface area (Å²) >= 11 is 0. The second kappa shape index (κ2) is 3.64. The fourth-order valence-electron chi connectivity index (χ4n) is 0.458. The van der Waals surface area contributed by atoms with Crippen LogP contribution in [0.15, 0.2) is 12.7 Å². The van der Waals surface area contributed by atoms with Gasteiger partial charge in [0.05, 0.1) is 0 Å². The van der Waals surface area contributed by atoms with Crippen LogP contribution in [0.25, 0.3) is 0 Å². The second-order valence-corrected chi connectivity index (χ2v) is 1.45. The number of cyclic esters (lactones) is 2. The first-order chi connectivity index (χ1) is 3.83. The minimum atomic E-state index is -0.602. The second-order valence-electron chi connectivity index (χ2n) is 1.45. The zero-order valence-electron chi connectivity index (χ0n) is 4.63. The zero-order chi connectivity index (χ0) is 5.98. The number of hydrogen-bond donors (Lipinski definition) is 0. The van der Waals surface area contributed by atoms with Crippen molar-refractivity contribution in [1.82, 2.24) is 0 Å². The van der Waals surface area contributed by atoms with Gasteiger partial charge < -0.3 is 9.47 Å². The summed E-state index contributed by atoms with van der Waals surface area (Å²) in [6, 6.07) is 0. The molecule has 1 fully saturated rings. The molecule has 1 aliphatic heterocycles. The van der Waals surface area contributed by atoms with E-state index in [4.69, 9.17) is 0 Å². The van der Waals surface area contributed by atoms with Crippen LogP contribution in [0.5, 0.6) is 0 Å². The Balaban J connectivity index is 0.000000640. The van der Waals surface area contributed by atoms with Crippen molar-refractivity contribution < 1.29 is 34.4 Å². The van der Waals surface area contributed by atoms with Crippen molar-refractivity contribution in [1.29, 1.82) is 0 Å². The third-order valence-corrected chi connectivity index (χ3v) is 0.876. The van der Waals surface area contributed by atoms with Crippen molar-refractivity contribution in [3.8, 4) is 0 Å². The molecule has 1 heterocycles. The summed E-state index contributed by atoms with van der Waals surface area (Å²) in [5.41, 5.74) is 0. The molecule has 0 bridgehead atoms. The van der Waals surface area contributed by atoms with E-state index in [9.17, 15) is 4.79 Å². The Morgan fingerprint density at radius 1 is 1.78 bits per heavy atom. The third-order valence-electron chi connectivity index (χ3n) is 0.876. The first-order valence-electron chi connectivity index (χ1n) is 2.29. The first-order valence-corrected chi connectivity index (χ1v) is 2.29. The van der Waals surface area contributed by atoms with Crippen LogP contribution in [-0.4, -0.2) is 18.9 Å². The summed E-state index contributed by atoms with van der Waals surface area (Å²) in [6.07, 6.45) is 0.697. The van der Waals surface area contributed by atoms with E-state index in [0.717, 1.165) is 0 Å². The van der Waals surface area contributed by atoms with Crippen LogP contribution in [0.4, 0.5) is 4.79 Å². The number of ether oxygens (including phenoxy) is 2. The van der Waals surface area contributed by atoms with Gasteiger partial charge >= 0.3 is 6.16 Å². The van der Waals surface area contributed by atoms with Crippen molar-refractivity contribution >= 4 is 6.16 Å². The van der Waals surface area contributed by atoms with Gasteiger partial charge in [-0.15, -0.1) is 0 Å². The first kappa shape index (κ1) is 8.66. The van der Waals surface area contributed by atoms with Crippen LogP contribution in [-0.2, 0) is 29.6 Å². The molecule has 3 nitrogen and oxygen atoms in total. The third kappa shape index (κ3) is 2.16. The number of rotatable bonds is 1. The number of carbonyl (C=O) groups excluding carboxylic acids is 1. The summed E-state index contributed by atoms with van der Waals surface area (Å²) < 4.78 is 8.96. The summed E-state index contributed by atoms with van der Waals surface area (Å²) in [5.74, 6) is 0. The van der Waals surface area contributed by atoms with Crippen LogP contribution < -0.4 is 0 Å². The topological polar surface area (TPSA) is 35.5 Å². The average molecular weight is 306 g/mol. The normalized spacial score (nSPS) is 23.6. The van der Waals surface area contributed by atoms with Gasteiger partial charge in [0, 0.05) is 20.1 Å². The average Bonchev–Trinajstić information content (AvgIpc) is 2.14. The van der Waals surface area contributed by atoms with Crippen molar-refractivity contribution in [2.75, 3.05) is 6.61 Å². The maximum absolute atomic E-state index is 10.1. The molecule has 0 amide bonds. The molecule has 9 heavy (non-hydrogen) atoms. The van der Waals surface area contributed by atoms with E-state index in [-0.39, 0.29) is 26.2 Å². The van der Waals surface area contributed by atoms with Gasteiger partial charge in [-0.05, 0) is 6.08 Å². The Morgan fingerprint density at radius 2 is 2.44 bits per heavy atom. The summed E-state index contributed by atoms with van der Waals surface area (Å²) in [4.78, 5) is 10.1. The van der Waals surface area contributed by atoms with Gasteiger partial charge in [-0.1, -0.05) is 6.58 Å². The zero-order valence-corrected chi connectivity index (χ0v) is 7.02. The molecule has 0 aromatic carbocycles. The van der Waals surface area contributed by atoms with Crippen LogP contribution >= 0.6 is 0 Å². The van der Waals surface area contributed by atoms with E-state index in [1.165, 1.54) is 6.08 Å². The van der Waals surface area contributed by atoms with E-state index >= 15 is 0 Å². The smallest absolute Gasteiger partial charge is 0.430 e. The number of carbonyl (C=O) groups is 1. The minimum Gasteiger partial charge on any atom is -0.430 e. The van der Waals surface area contributed by atoms with Gasteiger partial charge in [0.15, 0.2) is 6.10 Å². The van der Waals surface area contributed by atoms with E-state index in [0.29, 0.717) is 6.61 Å². The number of hydrogen-bond acceptors (Lipinski definition) is 3. The molecule has 0 aromatic rings. The maximum Gasteiger partial charge on any atom is 0.509 e. The Labute approximate surface area is 66.4 Å². The van der Waals surface area contributed by atoms with Crippen molar-refractivity contribution in [3.05, 3.63) is 12.7 Å². The molecular formula is C5H6IrO3. The molecule has 0 aromatic heterocycles. The SMILES string of the molecule is C=CC1COC(=O)O1.[Ir]. The van der Waals surface area contributed by atoms with Gasteiger partial charge in [-0.3, -0.25) is 0 Å². The molecule has 1 saturated heterocycles. The molecule has 0 aliphatic carbocycles. The molecule has 0 N–H and O–H groups in total. The largest absolute Gasteiger partial charge is 0.509 e. The summed E-state index contributed by atoms with van der Waals surface area (Å²) in [5, 5.41) is 0. The van der Waals surface area contributed by atoms with Crippen molar-refractivity contribution in [2.24, 2.45) is 0 Å². The molecule has 1 rings (SSSR count). The predicted octanol–water partition coefficient (Wildman–Crippen LogP) is 0.705. The molecule has 53 valence electrons. The monoisotopic (exact) mass is 307 g/mol. The Bertz CT molecular complexity index is 123. The Hall–Kier alpha value is -0.341. The van der Waals surface area contributed by atoms with Crippen LogP contribution in [0.3, 0.4) is 0 Å². The molecular weight excluding hydrogens is 300 g/mol. The van der Waals surface area contributed by atoms with Crippen LogP contribution in [0.1, 0.15) is 0 Å². The van der Waals surface area contributed by atoms with Gasteiger partial charge in [0.25, 0.3) is 0 Å². The van der Waals surface area contributed by atoms with Crippen molar-refractivity contribution in [2.45, 2.75) is 6.10 Å². The molecule has 1 aliphatic rings. The molecule has 1 unspecified atom stereocenters. The minimum absolute atomic E-state index is 0. The quantitative estimate of drug-likeness (QED) is 0.529. The molecule has 4 heteroatoms. The molecule has 1 atom stereocenters. The van der Waals surface area contributed by atoms with E-state index in [1.807, 2.05) is 0 Å². The van der Waals surface area contributed by atoms with Crippen LogP contribution in [0, 0.1) is 0 Å².